The largest absolute Gasteiger partial charge is 0.493 e. The lowest BCUT2D eigenvalue weighted by atomic mass is 10.1. The number of aliphatic carboxylic acids is 1. The Hall–Kier alpha value is -2.48. The number of amides is 2. The minimum absolute atomic E-state index is 0.197. The van der Waals surface area contributed by atoms with Crippen molar-refractivity contribution in [2.24, 2.45) is 0 Å². The molecule has 1 aromatic rings. The number of carbonyl (C=O) groups excluding carboxylic acids is 2. The Labute approximate surface area is 123 Å². The zero-order valence-corrected chi connectivity index (χ0v) is 11.7. The number of carbonyl (C=O) groups is 3. The third kappa shape index (κ3) is 3.54. The van der Waals surface area contributed by atoms with Crippen LogP contribution in [0, 0.1) is 0 Å². The van der Waals surface area contributed by atoms with Crippen LogP contribution in [-0.2, 0) is 9.59 Å². The second-order valence-corrected chi connectivity index (χ2v) is 4.93. The Morgan fingerprint density at radius 1 is 1.43 bits per heavy atom. The van der Waals surface area contributed by atoms with Crippen LogP contribution < -0.4 is 14.8 Å². The number of benzene rings is 1. The predicted molar refractivity (Wildman–Crippen MR) is 75.2 cm³/mol. The summed E-state index contributed by atoms with van der Waals surface area (Å²) < 4.78 is 10.3. The molecule has 21 heavy (non-hydrogen) atoms. The van der Waals surface area contributed by atoms with Gasteiger partial charge in [0, 0.05) is 5.56 Å². The van der Waals surface area contributed by atoms with E-state index in [2.05, 4.69) is 5.32 Å². The van der Waals surface area contributed by atoms with Gasteiger partial charge in [-0.3, -0.25) is 14.9 Å². The van der Waals surface area contributed by atoms with Crippen molar-refractivity contribution in [1.82, 2.24) is 5.32 Å². The molecule has 0 unspecified atom stereocenters. The van der Waals surface area contributed by atoms with Crippen LogP contribution in [0.3, 0.4) is 0 Å². The van der Waals surface area contributed by atoms with Gasteiger partial charge in [0.25, 0.3) is 11.1 Å². The van der Waals surface area contributed by atoms with Gasteiger partial charge in [0.1, 0.15) is 0 Å². The quantitative estimate of drug-likeness (QED) is 0.794. The molecule has 1 aliphatic rings. The molecule has 0 atom stereocenters. The van der Waals surface area contributed by atoms with Crippen LogP contribution in [0.25, 0.3) is 6.08 Å². The highest BCUT2D eigenvalue weighted by Gasteiger charge is 2.25. The fraction of sp³-hybridized carbons (Fsp3) is 0.154. The van der Waals surface area contributed by atoms with E-state index in [0.717, 1.165) is 11.8 Å². The number of hydrogen-bond acceptors (Lipinski definition) is 6. The maximum Gasteiger partial charge on any atom is 0.341 e. The summed E-state index contributed by atoms with van der Waals surface area (Å²) >= 11 is 0.764. The molecule has 0 aliphatic carbocycles. The van der Waals surface area contributed by atoms with Crippen LogP contribution in [0.4, 0.5) is 4.79 Å². The maximum atomic E-state index is 11.5. The number of ether oxygens (including phenoxy) is 2. The summed E-state index contributed by atoms with van der Waals surface area (Å²) in [5.41, 5.74) is 0.447. The standard InChI is InChI=1S/C13H11NO6S/c1-19-8-4-2-3-7(11(8)20-6-10(15)16)5-9-12(17)14-13(18)21-9/h2-5H,6H2,1H3,(H,15,16)(H,14,17,18)/b9-5+. The zero-order chi connectivity index (χ0) is 15.4. The normalized spacial score (nSPS) is 16.0. The van der Waals surface area contributed by atoms with Crippen molar-refractivity contribution in [2.75, 3.05) is 13.7 Å². The first-order valence-corrected chi connectivity index (χ1v) is 6.59. The number of para-hydroxylation sites is 1. The molecule has 0 saturated carbocycles. The van der Waals surface area contributed by atoms with E-state index >= 15 is 0 Å². The van der Waals surface area contributed by atoms with Crippen molar-refractivity contribution in [3.63, 3.8) is 0 Å². The second-order valence-electron chi connectivity index (χ2n) is 3.91. The highest BCUT2D eigenvalue weighted by Crippen LogP contribution is 2.35. The van der Waals surface area contributed by atoms with Gasteiger partial charge in [-0.15, -0.1) is 0 Å². The van der Waals surface area contributed by atoms with Crippen molar-refractivity contribution in [3.8, 4) is 11.5 Å². The number of nitrogens with one attached hydrogen (secondary N) is 1. The van der Waals surface area contributed by atoms with Gasteiger partial charge in [-0.2, -0.15) is 0 Å². The molecule has 1 fully saturated rings. The van der Waals surface area contributed by atoms with Gasteiger partial charge in [-0.25, -0.2) is 4.79 Å². The van der Waals surface area contributed by atoms with E-state index in [1.165, 1.54) is 13.2 Å². The summed E-state index contributed by atoms with van der Waals surface area (Å²) in [6.07, 6.45) is 1.45. The van der Waals surface area contributed by atoms with E-state index in [4.69, 9.17) is 14.6 Å². The molecule has 1 aromatic carbocycles. The highest BCUT2D eigenvalue weighted by molar-refractivity contribution is 8.18. The lowest BCUT2D eigenvalue weighted by Crippen LogP contribution is -2.17. The summed E-state index contributed by atoms with van der Waals surface area (Å²) in [6, 6.07) is 4.90. The molecule has 0 spiro atoms. The van der Waals surface area contributed by atoms with E-state index < -0.39 is 23.7 Å². The van der Waals surface area contributed by atoms with E-state index in [1.807, 2.05) is 0 Å². The first-order valence-electron chi connectivity index (χ1n) is 5.77. The molecule has 0 bridgehead atoms. The molecule has 2 amide bonds. The monoisotopic (exact) mass is 309 g/mol. The van der Waals surface area contributed by atoms with Crippen molar-refractivity contribution in [3.05, 3.63) is 28.7 Å². The Balaban J connectivity index is 2.38. The number of thioether (sulfide) groups is 1. The van der Waals surface area contributed by atoms with Gasteiger partial charge in [0.05, 0.1) is 12.0 Å². The van der Waals surface area contributed by atoms with E-state index in [0.29, 0.717) is 11.3 Å². The van der Waals surface area contributed by atoms with Gasteiger partial charge < -0.3 is 14.6 Å². The van der Waals surface area contributed by atoms with Gasteiger partial charge in [-0.05, 0) is 23.9 Å². The smallest absolute Gasteiger partial charge is 0.341 e. The minimum Gasteiger partial charge on any atom is -0.493 e. The van der Waals surface area contributed by atoms with Crippen molar-refractivity contribution in [1.29, 1.82) is 0 Å². The van der Waals surface area contributed by atoms with Crippen LogP contribution in [0.5, 0.6) is 11.5 Å². The maximum absolute atomic E-state index is 11.5. The molecule has 0 aromatic heterocycles. The van der Waals surface area contributed by atoms with Crippen molar-refractivity contribution >= 4 is 35.0 Å². The highest BCUT2D eigenvalue weighted by atomic mass is 32.2. The van der Waals surface area contributed by atoms with E-state index in [9.17, 15) is 14.4 Å². The summed E-state index contributed by atoms with van der Waals surface area (Å²) in [7, 11) is 1.42. The fourth-order valence-corrected chi connectivity index (χ4v) is 2.33. The summed E-state index contributed by atoms with van der Waals surface area (Å²) in [5.74, 6) is -1.11. The molecule has 7 nitrogen and oxygen atoms in total. The summed E-state index contributed by atoms with van der Waals surface area (Å²) in [6.45, 7) is -0.547. The third-order valence-electron chi connectivity index (χ3n) is 2.50. The third-order valence-corrected chi connectivity index (χ3v) is 3.31. The second kappa shape index (κ2) is 6.31. The molecular formula is C13H11NO6S. The fourth-order valence-electron chi connectivity index (χ4n) is 1.66. The van der Waals surface area contributed by atoms with E-state index in [1.54, 1.807) is 18.2 Å². The molecular weight excluding hydrogens is 298 g/mol. The van der Waals surface area contributed by atoms with Gasteiger partial charge >= 0.3 is 5.97 Å². The zero-order valence-electron chi connectivity index (χ0n) is 10.9. The van der Waals surface area contributed by atoms with Crippen molar-refractivity contribution in [2.45, 2.75) is 0 Å². The van der Waals surface area contributed by atoms with Gasteiger partial charge in [-0.1, -0.05) is 12.1 Å². The van der Waals surface area contributed by atoms with Crippen LogP contribution in [0.1, 0.15) is 5.56 Å². The summed E-state index contributed by atoms with van der Waals surface area (Å²) in [5, 5.41) is 10.4. The predicted octanol–water partition coefficient (Wildman–Crippen LogP) is 1.48. The Kier molecular flexibility index (Phi) is 4.49. The molecule has 2 N–H and O–H groups in total. The number of methoxy groups -OCH3 is 1. The molecule has 110 valence electrons. The molecule has 2 rings (SSSR count). The lowest BCUT2D eigenvalue weighted by Gasteiger charge is -2.12. The first kappa shape index (κ1) is 14.9. The molecule has 1 heterocycles. The number of carboxylic acid groups (broad SMARTS) is 1. The van der Waals surface area contributed by atoms with Crippen molar-refractivity contribution < 1.29 is 29.0 Å². The number of rotatable bonds is 5. The molecule has 0 radical (unpaired) electrons. The Bertz CT molecular complexity index is 640. The topological polar surface area (TPSA) is 102 Å². The minimum atomic E-state index is -1.14. The van der Waals surface area contributed by atoms with Crippen LogP contribution in [-0.4, -0.2) is 35.9 Å². The average Bonchev–Trinajstić information content (AvgIpc) is 2.75. The van der Waals surface area contributed by atoms with E-state index in [-0.39, 0.29) is 10.7 Å². The molecule has 1 aliphatic heterocycles. The molecule has 8 heteroatoms. The lowest BCUT2D eigenvalue weighted by molar-refractivity contribution is -0.139. The number of imide groups is 1. The van der Waals surface area contributed by atoms with Crippen LogP contribution >= 0.6 is 11.8 Å². The molecule has 1 saturated heterocycles. The SMILES string of the molecule is COc1cccc(/C=C2/SC(=O)NC2=O)c1OCC(=O)O. The van der Waals surface area contributed by atoms with Crippen LogP contribution in [0.2, 0.25) is 0 Å². The Morgan fingerprint density at radius 2 is 2.19 bits per heavy atom. The Morgan fingerprint density at radius 3 is 2.76 bits per heavy atom. The van der Waals surface area contributed by atoms with Gasteiger partial charge in [0.2, 0.25) is 0 Å². The average molecular weight is 309 g/mol. The van der Waals surface area contributed by atoms with Gasteiger partial charge in [0.15, 0.2) is 18.1 Å². The summed E-state index contributed by atoms with van der Waals surface area (Å²) in [4.78, 5) is 33.5. The van der Waals surface area contributed by atoms with Crippen LogP contribution in [0.15, 0.2) is 23.1 Å². The first-order chi connectivity index (χ1) is 10.0. The number of hydrogen-bond donors (Lipinski definition) is 2. The number of carboxylic acids is 1.